The maximum absolute atomic E-state index is 12.6. The molecule has 0 bridgehead atoms. The zero-order valence-corrected chi connectivity index (χ0v) is 13.1. The molecule has 0 aliphatic carbocycles. The van der Waals surface area contributed by atoms with Crippen LogP contribution in [0.25, 0.3) is 11.1 Å². The van der Waals surface area contributed by atoms with E-state index in [-0.39, 0.29) is 11.9 Å². The summed E-state index contributed by atoms with van der Waals surface area (Å²) in [4.78, 5) is 13.3. The molecule has 3 heteroatoms. The number of carbonyl (C=O) groups is 1. The van der Waals surface area contributed by atoms with Crippen LogP contribution in [0.1, 0.15) is 28.2 Å². The predicted molar refractivity (Wildman–Crippen MR) is 92.1 cm³/mol. The van der Waals surface area contributed by atoms with Gasteiger partial charge in [-0.25, -0.2) is 0 Å². The minimum atomic E-state index is -0.0230. The Kier molecular flexibility index (Phi) is 4.35. The lowest BCUT2D eigenvalue weighted by molar-refractivity contribution is 0.0944. The van der Waals surface area contributed by atoms with E-state index in [0.717, 1.165) is 21.6 Å². The van der Waals surface area contributed by atoms with Gasteiger partial charge in [0.05, 0.1) is 10.9 Å². The summed E-state index contributed by atoms with van der Waals surface area (Å²) < 4.78 is 0. The first-order valence-corrected chi connectivity index (χ1v) is 8.12. The first-order valence-electron chi connectivity index (χ1n) is 7.24. The maximum atomic E-state index is 12.6. The quantitative estimate of drug-likeness (QED) is 0.729. The zero-order chi connectivity index (χ0) is 15.4. The van der Waals surface area contributed by atoms with Crippen molar-refractivity contribution >= 4 is 17.2 Å². The van der Waals surface area contributed by atoms with Gasteiger partial charge < -0.3 is 5.32 Å². The van der Waals surface area contributed by atoms with Crippen molar-refractivity contribution in [1.82, 2.24) is 5.32 Å². The lowest BCUT2D eigenvalue weighted by Gasteiger charge is -2.14. The van der Waals surface area contributed by atoms with E-state index in [0.29, 0.717) is 0 Å². The molecule has 0 saturated heterocycles. The van der Waals surface area contributed by atoms with Crippen molar-refractivity contribution in [3.63, 3.8) is 0 Å². The largest absolute Gasteiger partial charge is 0.345 e. The van der Waals surface area contributed by atoms with Gasteiger partial charge in [0.1, 0.15) is 0 Å². The Morgan fingerprint density at radius 1 is 0.955 bits per heavy atom. The molecule has 0 aliphatic rings. The van der Waals surface area contributed by atoms with Crippen LogP contribution in [0.15, 0.2) is 72.1 Å². The van der Waals surface area contributed by atoms with Crippen molar-refractivity contribution in [3.8, 4) is 11.1 Å². The van der Waals surface area contributed by atoms with Crippen LogP contribution in [0.4, 0.5) is 0 Å². The fraction of sp³-hybridized carbons (Fsp3) is 0.105. The molecule has 0 saturated carbocycles. The van der Waals surface area contributed by atoms with Gasteiger partial charge in [-0.2, -0.15) is 0 Å². The highest BCUT2D eigenvalue weighted by Crippen LogP contribution is 2.28. The van der Waals surface area contributed by atoms with E-state index < -0.39 is 0 Å². The summed E-state index contributed by atoms with van der Waals surface area (Å²) in [5.41, 5.74) is 3.17. The summed E-state index contributed by atoms with van der Waals surface area (Å²) in [5, 5.41) is 5.04. The van der Waals surface area contributed by atoms with Crippen LogP contribution in [0.2, 0.25) is 0 Å². The molecule has 1 heterocycles. The fourth-order valence-electron chi connectivity index (χ4n) is 2.42. The minimum Gasteiger partial charge on any atom is -0.345 e. The van der Waals surface area contributed by atoms with Crippen LogP contribution in [-0.2, 0) is 0 Å². The lowest BCUT2D eigenvalue weighted by Crippen LogP contribution is -2.26. The van der Waals surface area contributed by atoms with Gasteiger partial charge in [0.2, 0.25) is 0 Å². The number of nitrogens with one attached hydrogen (secondary N) is 1. The molecule has 0 aliphatic heterocycles. The number of benzene rings is 2. The molecule has 3 aromatic rings. The summed E-state index contributed by atoms with van der Waals surface area (Å²) in [6, 6.07) is 22.0. The van der Waals surface area contributed by atoms with Gasteiger partial charge in [0.15, 0.2) is 0 Å². The number of hydrogen-bond acceptors (Lipinski definition) is 2. The third-order valence-corrected chi connectivity index (χ3v) is 4.52. The molecular formula is C19H17NOS. The fourth-order valence-corrected chi connectivity index (χ4v) is 3.24. The van der Waals surface area contributed by atoms with E-state index in [2.05, 4.69) is 5.32 Å². The number of rotatable bonds is 4. The molecule has 1 atom stereocenters. The van der Waals surface area contributed by atoms with Gasteiger partial charge in [-0.05, 0) is 29.5 Å². The molecule has 1 amide bonds. The third kappa shape index (κ3) is 3.10. The number of carbonyl (C=O) groups excluding carboxylic acids is 1. The Balaban J connectivity index is 1.81. The number of thiophene rings is 1. The highest BCUT2D eigenvalue weighted by atomic mass is 32.1. The van der Waals surface area contributed by atoms with Crippen molar-refractivity contribution in [2.24, 2.45) is 0 Å². The zero-order valence-electron chi connectivity index (χ0n) is 12.3. The van der Waals surface area contributed by atoms with Gasteiger partial charge in [-0.3, -0.25) is 4.79 Å². The third-order valence-electron chi connectivity index (χ3n) is 3.60. The Bertz CT molecular complexity index is 749. The van der Waals surface area contributed by atoms with Crippen molar-refractivity contribution in [2.75, 3.05) is 0 Å². The van der Waals surface area contributed by atoms with E-state index in [4.69, 9.17) is 0 Å². The van der Waals surface area contributed by atoms with Gasteiger partial charge in [-0.1, -0.05) is 60.7 Å². The van der Waals surface area contributed by atoms with Gasteiger partial charge >= 0.3 is 0 Å². The van der Waals surface area contributed by atoms with E-state index in [1.165, 1.54) is 11.3 Å². The highest BCUT2D eigenvalue weighted by Gasteiger charge is 2.16. The predicted octanol–water partition coefficient (Wildman–Crippen LogP) is 4.91. The molecule has 2 aromatic carbocycles. The molecule has 1 N–H and O–H groups in total. The van der Waals surface area contributed by atoms with E-state index >= 15 is 0 Å². The second-order valence-corrected chi connectivity index (χ2v) is 6.05. The van der Waals surface area contributed by atoms with Crippen LogP contribution in [0.3, 0.4) is 0 Å². The summed E-state index contributed by atoms with van der Waals surface area (Å²) in [6.07, 6.45) is 0. The lowest BCUT2D eigenvalue weighted by atomic mass is 10.1. The molecule has 3 rings (SSSR count). The summed E-state index contributed by atoms with van der Waals surface area (Å²) in [7, 11) is 0. The molecule has 22 heavy (non-hydrogen) atoms. The standard InChI is InChI=1S/C19H17NOS/c1-14(15-8-4-2-5-9-15)20-19(21)18-17(12-13-22-18)16-10-6-3-7-11-16/h2-14H,1H3,(H,20,21)/t14-/m1/s1. The van der Waals surface area contributed by atoms with Crippen LogP contribution in [-0.4, -0.2) is 5.91 Å². The van der Waals surface area contributed by atoms with Gasteiger partial charge in [0.25, 0.3) is 5.91 Å². The maximum Gasteiger partial charge on any atom is 0.262 e. The van der Waals surface area contributed by atoms with E-state index in [9.17, 15) is 4.79 Å². The molecule has 2 nitrogen and oxygen atoms in total. The van der Waals surface area contributed by atoms with Crippen LogP contribution in [0.5, 0.6) is 0 Å². The second-order valence-electron chi connectivity index (χ2n) is 5.14. The van der Waals surface area contributed by atoms with Crippen molar-refractivity contribution in [3.05, 3.63) is 82.6 Å². The van der Waals surface area contributed by atoms with Crippen molar-refractivity contribution < 1.29 is 4.79 Å². The summed E-state index contributed by atoms with van der Waals surface area (Å²) in [6.45, 7) is 2.00. The average molecular weight is 307 g/mol. The van der Waals surface area contributed by atoms with Crippen LogP contribution >= 0.6 is 11.3 Å². The molecule has 1 aromatic heterocycles. The minimum absolute atomic E-state index is 0.0144. The van der Waals surface area contributed by atoms with Crippen LogP contribution in [0, 0.1) is 0 Å². The number of amides is 1. The first kappa shape index (κ1) is 14.5. The van der Waals surface area contributed by atoms with E-state index in [1.807, 2.05) is 79.0 Å². The molecule has 110 valence electrons. The molecule has 0 unspecified atom stereocenters. The molecule has 0 spiro atoms. The molecule has 0 radical (unpaired) electrons. The van der Waals surface area contributed by atoms with E-state index in [1.54, 1.807) is 0 Å². The first-order chi connectivity index (χ1) is 10.8. The van der Waals surface area contributed by atoms with Gasteiger partial charge in [0, 0.05) is 5.56 Å². The smallest absolute Gasteiger partial charge is 0.262 e. The Morgan fingerprint density at radius 3 is 2.27 bits per heavy atom. The second kappa shape index (κ2) is 6.58. The topological polar surface area (TPSA) is 29.1 Å². The normalized spacial score (nSPS) is 11.9. The van der Waals surface area contributed by atoms with Crippen molar-refractivity contribution in [2.45, 2.75) is 13.0 Å². The average Bonchev–Trinajstić information content (AvgIpc) is 3.06. The van der Waals surface area contributed by atoms with Gasteiger partial charge in [-0.15, -0.1) is 11.3 Å². The summed E-state index contributed by atoms with van der Waals surface area (Å²) >= 11 is 1.48. The molecule has 0 fully saturated rings. The highest BCUT2D eigenvalue weighted by molar-refractivity contribution is 7.12. The molecular weight excluding hydrogens is 290 g/mol. The Labute approximate surface area is 134 Å². The monoisotopic (exact) mass is 307 g/mol. The number of hydrogen-bond donors (Lipinski definition) is 1. The SMILES string of the molecule is C[C@@H](NC(=O)c1sccc1-c1ccccc1)c1ccccc1. The Hall–Kier alpha value is -2.39. The van der Waals surface area contributed by atoms with Crippen molar-refractivity contribution in [1.29, 1.82) is 0 Å². The van der Waals surface area contributed by atoms with Crippen LogP contribution < -0.4 is 5.32 Å². The Morgan fingerprint density at radius 2 is 1.59 bits per heavy atom. The summed E-state index contributed by atoms with van der Waals surface area (Å²) in [5.74, 6) is -0.0230.